The van der Waals surface area contributed by atoms with Gasteiger partial charge in [-0.15, -0.1) is 4.40 Å². The van der Waals surface area contributed by atoms with Crippen LogP contribution < -0.4 is 10.0 Å². The van der Waals surface area contributed by atoms with E-state index in [9.17, 15) is 23.1 Å². The molecule has 0 bridgehead atoms. The molecule has 2 atom stereocenters. The van der Waals surface area contributed by atoms with Crippen LogP contribution in [0.2, 0.25) is 5.02 Å². The molecule has 0 saturated carbocycles. The van der Waals surface area contributed by atoms with Gasteiger partial charge in [-0.1, -0.05) is 31.5 Å². The van der Waals surface area contributed by atoms with Gasteiger partial charge in [0.05, 0.1) is 27.5 Å². The number of hydrogen-bond acceptors (Lipinski definition) is 7. The van der Waals surface area contributed by atoms with Crippen molar-refractivity contribution in [2.75, 3.05) is 23.1 Å². The number of amidine groups is 1. The molecule has 3 N–H and O–H groups in total. The molecule has 11 nitrogen and oxygen atoms in total. The van der Waals surface area contributed by atoms with Gasteiger partial charge in [0.15, 0.2) is 11.7 Å². The summed E-state index contributed by atoms with van der Waals surface area (Å²) in [6.07, 6.45) is -0.394. The molecule has 3 heterocycles. The first-order chi connectivity index (χ1) is 20.7. The Morgan fingerprint density at radius 2 is 1.89 bits per heavy atom. The van der Waals surface area contributed by atoms with E-state index in [1.807, 2.05) is 13.8 Å². The first-order valence-corrected chi connectivity index (χ1v) is 15.7. The van der Waals surface area contributed by atoms with Crippen molar-refractivity contribution in [2.45, 2.75) is 52.6 Å². The van der Waals surface area contributed by atoms with Crippen molar-refractivity contribution in [3.63, 3.8) is 0 Å². The van der Waals surface area contributed by atoms with Crippen LogP contribution in [0.15, 0.2) is 40.8 Å². The molecule has 0 aliphatic carbocycles. The van der Waals surface area contributed by atoms with Crippen molar-refractivity contribution in [1.82, 2.24) is 14.8 Å². The number of benzene rings is 2. The molecule has 1 saturated heterocycles. The number of halogens is 2. The predicted molar refractivity (Wildman–Crippen MR) is 168 cm³/mol. The lowest BCUT2D eigenvalue weighted by molar-refractivity contribution is 0.0751. The SMILES string of the molecule is Cc1cc(C=O)cc(C(C)C)c1N1c2nc(-c3c(N)cccc3F)c(Cl)cc2C(N2CC(C)N(C(=O)O)CC2C)=NS1(=O)=O. The minimum absolute atomic E-state index is 0.00878. The smallest absolute Gasteiger partial charge is 0.407 e. The number of fused-ring (bicyclic) bond motifs is 1. The molecule has 1 aromatic heterocycles. The van der Waals surface area contributed by atoms with Gasteiger partial charge in [0, 0.05) is 36.4 Å². The van der Waals surface area contributed by atoms with Crippen LogP contribution in [0.1, 0.15) is 60.7 Å². The molecule has 1 fully saturated rings. The number of nitrogens with zero attached hydrogens (tertiary/aromatic N) is 5. The molecule has 2 aliphatic rings. The third-order valence-corrected chi connectivity index (χ3v) is 9.43. The summed E-state index contributed by atoms with van der Waals surface area (Å²) < 4.78 is 49.0. The zero-order chi connectivity index (χ0) is 32.2. The van der Waals surface area contributed by atoms with Crippen LogP contribution in [0.5, 0.6) is 0 Å². The molecule has 3 aromatic rings. The summed E-state index contributed by atoms with van der Waals surface area (Å²) in [6.45, 7) is 9.15. The normalized spacial score (nSPS) is 19.5. The van der Waals surface area contributed by atoms with Crippen molar-refractivity contribution in [2.24, 2.45) is 4.40 Å². The highest BCUT2D eigenvalue weighted by molar-refractivity contribution is 7.92. The van der Waals surface area contributed by atoms with Crippen LogP contribution >= 0.6 is 11.6 Å². The van der Waals surface area contributed by atoms with Gasteiger partial charge in [-0.2, -0.15) is 8.42 Å². The van der Waals surface area contributed by atoms with Crippen LogP contribution in [0.4, 0.5) is 26.4 Å². The number of aryl methyl sites for hydroxylation is 1. The number of piperazine rings is 1. The summed E-state index contributed by atoms with van der Waals surface area (Å²) in [6, 6.07) is 7.86. The maximum atomic E-state index is 15.2. The number of amides is 1. The van der Waals surface area contributed by atoms with Crippen molar-refractivity contribution in [3.8, 4) is 11.3 Å². The molecule has 14 heteroatoms. The fourth-order valence-corrected chi connectivity index (χ4v) is 7.40. The number of carboxylic acid groups (broad SMARTS) is 1. The van der Waals surface area contributed by atoms with Gasteiger partial charge in [-0.3, -0.25) is 4.79 Å². The quantitative estimate of drug-likeness (QED) is 0.277. The standard InChI is InChI=1S/C30H32ClFN6O5S/c1-15(2)20-10-19(14-39)9-16(3)27(20)38-28-21(11-22(31)26(34-28)25-23(32)7-6-8-24(25)33)29(35-44(38,42)43)36-12-18(5)37(30(40)41)13-17(36)4/h6-11,14-15,17-18H,12-13,33H2,1-5H3,(H,40,41). The van der Waals surface area contributed by atoms with E-state index in [0.717, 1.165) is 4.31 Å². The van der Waals surface area contributed by atoms with E-state index >= 15 is 4.39 Å². The maximum Gasteiger partial charge on any atom is 0.407 e. The van der Waals surface area contributed by atoms with Crippen LogP contribution in [-0.2, 0) is 10.2 Å². The summed E-state index contributed by atoms with van der Waals surface area (Å²) in [5.74, 6) is -0.954. The summed E-state index contributed by atoms with van der Waals surface area (Å²) in [4.78, 5) is 31.2. The molecule has 0 radical (unpaired) electrons. The van der Waals surface area contributed by atoms with Crippen molar-refractivity contribution < 1.29 is 27.5 Å². The van der Waals surface area contributed by atoms with E-state index in [4.69, 9.17) is 17.3 Å². The third kappa shape index (κ3) is 5.23. The fourth-order valence-electron chi connectivity index (χ4n) is 5.81. The molecule has 44 heavy (non-hydrogen) atoms. The minimum atomic E-state index is -4.56. The fraction of sp³-hybridized carbons (Fsp3) is 0.333. The zero-order valence-electron chi connectivity index (χ0n) is 24.7. The number of nitrogen functional groups attached to an aromatic ring is 1. The Bertz CT molecular complexity index is 1810. The highest BCUT2D eigenvalue weighted by Crippen LogP contribution is 2.45. The van der Waals surface area contributed by atoms with Gasteiger partial charge in [-0.25, -0.2) is 18.5 Å². The number of aromatic nitrogens is 1. The average Bonchev–Trinajstić information content (AvgIpc) is 2.94. The van der Waals surface area contributed by atoms with E-state index in [-0.39, 0.29) is 63.9 Å². The van der Waals surface area contributed by atoms with Crippen molar-refractivity contribution in [1.29, 1.82) is 0 Å². The van der Waals surface area contributed by atoms with Crippen molar-refractivity contribution in [3.05, 3.63) is 69.5 Å². The Morgan fingerprint density at radius 3 is 2.50 bits per heavy atom. The molecule has 0 spiro atoms. The maximum absolute atomic E-state index is 15.2. The first kappa shape index (κ1) is 31.2. The van der Waals surface area contributed by atoms with Crippen LogP contribution in [-0.4, -0.2) is 71.7 Å². The lowest BCUT2D eigenvalue weighted by Gasteiger charge is -2.45. The largest absolute Gasteiger partial charge is 0.465 e. The monoisotopic (exact) mass is 642 g/mol. The minimum Gasteiger partial charge on any atom is -0.465 e. The van der Waals surface area contributed by atoms with Crippen LogP contribution in [0.3, 0.4) is 0 Å². The van der Waals surface area contributed by atoms with Crippen LogP contribution in [0, 0.1) is 12.7 Å². The lowest BCUT2D eigenvalue weighted by atomic mass is 9.95. The lowest BCUT2D eigenvalue weighted by Crippen LogP contribution is -2.60. The molecule has 1 amide bonds. The van der Waals surface area contributed by atoms with Crippen molar-refractivity contribution >= 4 is 57.2 Å². The van der Waals surface area contributed by atoms with Gasteiger partial charge >= 0.3 is 16.3 Å². The molecular weight excluding hydrogens is 611 g/mol. The second-order valence-corrected chi connectivity index (χ2v) is 13.2. The summed E-state index contributed by atoms with van der Waals surface area (Å²) in [5, 5.41) is 9.67. The number of carbonyl (C=O) groups excluding carboxylic acids is 1. The molecule has 2 aliphatic heterocycles. The third-order valence-electron chi connectivity index (χ3n) is 7.92. The molecular formula is C30H32ClFN6O5S. The second-order valence-electron chi connectivity index (χ2n) is 11.4. The Hall–Kier alpha value is -4.23. The van der Waals surface area contributed by atoms with E-state index in [0.29, 0.717) is 23.0 Å². The molecule has 5 rings (SSSR count). The number of hydrogen-bond donors (Lipinski definition) is 2. The second kappa shape index (κ2) is 11.4. The van der Waals surface area contributed by atoms with Crippen LogP contribution in [0.25, 0.3) is 11.3 Å². The number of anilines is 3. The number of rotatable bonds is 4. The van der Waals surface area contributed by atoms with E-state index in [2.05, 4.69) is 9.38 Å². The summed E-state index contributed by atoms with van der Waals surface area (Å²) in [5.41, 5.74) is 7.97. The Morgan fingerprint density at radius 1 is 1.18 bits per heavy atom. The number of aldehydes is 1. The van der Waals surface area contributed by atoms with E-state index in [1.165, 1.54) is 29.2 Å². The summed E-state index contributed by atoms with van der Waals surface area (Å²) in [7, 11) is -4.56. The number of pyridine rings is 1. The highest BCUT2D eigenvalue weighted by atomic mass is 35.5. The van der Waals surface area contributed by atoms with Gasteiger partial charge < -0.3 is 20.6 Å². The molecule has 2 aromatic carbocycles. The van der Waals surface area contributed by atoms with Gasteiger partial charge in [-0.05, 0) is 68.1 Å². The Labute approximate surface area is 259 Å². The Kier molecular flexibility index (Phi) is 8.06. The first-order valence-electron chi connectivity index (χ1n) is 13.9. The Balaban J connectivity index is 1.83. The topological polar surface area (TPSA) is 150 Å². The van der Waals surface area contributed by atoms with E-state index in [1.54, 1.807) is 37.8 Å². The van der Waals surface area contributed by atoms with Gasteiger partial charge in [0.25, 0.3) is 0 Å². The molecule has 232 valence electrons. The van der Waals surface area contributed by atoms with Gasteiger partial charge in [0.2, 0.25) is 0 Å². The summed E-state index contributed by atoms with van der Waals surface area (Å²) >= 11 is 6.74. The molecule has 2 unspecified atom stereocenters. The number of carbonyl (C=O) groups is 2. The highest BCUT2D eigenvalue weighted by Gasteiger charge is 2.42. The predicted octanol–water partition coefficient (Wildman–Crippen LogP) is 5.58. The van der Waals surface area contributed by atoms with E-state index < -0.39 is 34.2 Å². The zero-order valence-corrected chi connectivity index (χ0v) is 26.3. The number of nitrogens with two attached hydrogens (primary N) is 1. The van der Waals surface area contributed by atoms with Gasteiger partial charge in [0.1, 0.15) is 12.1 Å². The average molecular weight is 643 g/mol.